The minimum Gasteiger partial charge on any atom is -0.387 e. The van der Waals surface area contributed by atoms with Gasteiger partial charge in [0.1, 0.15) is 29.9 Å². The monoisotopic (exact) mass is 581 g/mol. The van der Waals surface area contributed by atoms with Crippen molar-refractivity contribution in [1.82, 2.24) is 19.7 Å². The lowest BCUT2D eigenvalue weighted by Crippen LogP contribution is -2.33. The molecule has 1 saturated heterocycles. The normalized spacial score (nSPS) is 24.8. The summed E-state index contributed by atoms with van der Waals surface area (Å²) in [5.74, 6) is -1.63. The Hall–Kier alpha value is -2.03. The van der Waals surface area contributed by atoms with Crippen LogP contribution in [0.5, 0.6) is 0 Å². The molecule has 0 saturated carbocycles. The molecule has 1 aliphatic rings. The standard InChI is InChI=1S/C19H23ClFN5O9P2/c1-9(10-4-2-3-5-12(10)21)22-16-11-6-26(25-17(11)24-19(20)23-16)18-15(28)14(27)13(35-18)7-34-37(32,33)8-36(29,30)31/h2-6,9,13-15,18,27-28H,7-8H2,1H3,(H,32,33)(H2,29,30,31)(H,22,23,24,25)/t9-,13+,14+,15+,18?/m0/s1. The summed E-state index contributed by atoms with van der Waals surface area (Å²) < 4.78 is 48.5. The van der Waals surface area contributed by atoms with E-state index in [1.165, 1.54) is 12.3 Å². The van der Waals surface area contributed by atoms with Gasteiger partial charge in [0, 0.05) is 11.8 Å². The molecule has 0 bridgehead atoms. The van der Waals surface area contributed by atoms with Crippen LogP contribution in [0.3, 0.4) is 0 Å². The van der Waals surface area contributed by atoms with Crippen molar-refractivity contribution >= 4 is 43.6 Å². The zero-order valence-corrected chi connectivity index (χ0v) is 21.5. The lowest BCUT2D eigenvalue weighted by atomic mass is 10.1. The topological polar surface area (TPSA) is 209 Å². The third-order valence-electron chi connectivity index (χ3n) is 5.50. The number of nitrogens with zero attached hydrogens (tertiary/aromatic N) is 4. The molecule has 6 N–H and O–H groups in total. The number of fused-ring (bicyclic) bond motifs is 1. The number of rotatable bonds is 9. The van der Waals surface area contributed by atoms with Crippen molar-refractivity contribution in [1.29, 1.82) is 0 Å². The average molecular weight is 582 g/mol. The smallest absolute Gasteiger partial charge is 0.340 e. The Kier molecular flexibility index (Phi) is 8.03. The van der Waals surface area contributed by atoms with Crippen LogP contribution in [-0.4, -0.2) is 75.5 Å². The van der Waals surface area contributed by atoms with E-state index in [0.717, 1.165) is 4.68 Å². The molecule has 1 fully saturated rings. The van der Waals surface area contributed by atoms with E-state index in [2.05, 4.69) is 20.4 Å². The van der Waals surface area contributed by atoms with E-state index >= 15 is 0 Å². The van der Waals surface area contributed by atoms with Gasteiger partial charge in [0.25, 0.3) is 0 Å². The van der Waals surface area contributed by atoms with Gasteiger partial charge in [-0.25, -0.2) is 9.07 Å². The van der Waals surface area contributed by atoms with E-state index in [0.29, 0.717) is 10.9 Å². The number of anilines is 1. The highest BCUT2D eigenvalue weighted by atomic mass is 35.5. The van der Waals surface area contributed by atoms with E-state index < -0.39 is 64.1 Å². The van der Waals surface area contributed by atoms with Gasteiger partial charge in [-0.3, -0.25) is 9.13 Å². The number of hydrogen-bond donors (Lipinski definition) is 6. The predicted octanol–water partition coefficient (Wildman–Crippen LogP) is 1.75. The van der Waals surface area contributed by atoms with Gasteiger partial charge < -0.3 is 39.5 Å². The lowest BCUT2D eigenvalue weighted by Gasteiger charge is -2.18. The number of halogens is 2. The van der Waals surface area contributed by atoms with Crippen LogP contribution in [0.4, 0.5) is 10.2 Å². The van der Waals surface area contributed by atoms with Crippen LogP contribution in [-0.2, 0) is 18.4 Å². The summed E-state index contributed by atoms with van der Waals surface area (Å²) in [6.07, 6.45) is -4.40. The van der Waals surface area contributed by atoms with Crippen molar-refractivity contribution in [3.63, 3.8) is 0 Å². The summed E-state index contributed by atoms with van der Waals surface area (Å²) >= 11 is 6.03. The third kappa shape index (κ3) is 6.52. The van der Waals surface area contributed by atoms with Crippen LogP contribution in [0.15, 0.2) is 30.5 Å². The van der Waals surface area contributed by atoms with Crippen molar-refractivity contribution in [3.05, 3.63) is 47.1 Å². The number of aliphatic hydroxyl groups excluding tert-OH is 2. The first-order valence-electron chi connectivity index (χ1n) is 10.7. The first kappa shape index (κ1) is 28.0. The molecule has 0 aliphatic carbocycles. The molecule has 1 aliphatic heterocycles. The second-order valence-electron chi connectivity index (χ2n) is 8.36. The van der Waals surface area contributed by atoms with Crippen LogP contribution < -0.4 is 5.32 Å². The Balaban J connectivity index is 1.54. The van der Waals surface area contributed by atoms with Gasteiger partial charge in [-0.2, -0.15) is 9.97 Å². The van der Waals surface area contributed by atoms with Crippen LogP contribution >= 0.6 is 26.8 Å². The van der Waals surface area contributed by atoms with E-state index in [9.17, 15) is 28.6 Å². The summed E-state index contributed by atoms with van der Waals surface area (Å²) in [6.45, 7) is 0.962. The molecular weight excluding hydrogens is 559 g/mol. The first-order chi connectivity index (χ1) is 17.2. The number of hydrogen-bond acceptors (Lipinski definition) is 10. The molecule has 0 radical (unpaired) electrons. The van der Waals surface area contributed by atoms with Gasteiger partial charge in [0.05, 0.1) is 18.0 Å². The summed E-state index contributed by atoms with van der Waals surface area (Å²) in [4.78, 5) is 35.6. The van der Waals surface area contributed by atoms with E-state index in [4.69, 9.17) is 30.6 Å². The molecule has 3 heterocycles. The highest BCUT2D eigenvalue weighted by Crippen LogP contribution is 2.55. The maximum Gasteiger partial charge on any atom is 0.340 e. The van der Waals surface area contributed by atoms with Gasteiger partial charge in [0.2, 0.25) is 5.28 Å². The molecule has 0 spiro atoms. The fourth-order valence-electron chi connectivity index (χ4n) is 3.80. The molecule has 6 atom stereocenters. The molecule has 37 heavy (non-hydrogen) atoms. The second-order valence-corrected chi connectivity index (χ2v) is 12.7. The highest BCUT2D eigenvalue weighted by Gasteiger charge is 2.45. The van der Waals surface area contributed by atoms with Crippen molar-refractivity contribution in [2.75, 3.05) is 17.8 Å². The highest BCUT2D eigenvalue weighted by molar-refractivity contribution is 7.70. The van der Waals surface area contributed by atoms with Crippen molar-refractivity contribution < 1.29 is 47.7 Å². The molecule has 2 unspecified atom stereocenters. The summed E-state index contributed by atoms with van der Waals surface area (Å²) in [5, 5.41) is 28.3. The SMILES string of the molecule is C[C@H](Nc1nc(Cl)nc2nn(C3O[C@H](COP(=O)(O)CP(=O)(O)O)[C@@H](O)[C@H]3O)cc12)c1ccccc1F. The molecular formula is C19H23ClFN5O9P2. The average Bonchev–Trinajstić information content (AvgIpc) is 3.32. The molecule has 14 nitrogen and oxygen atoms in total. The quantitative estimate of drug-likeness (QED) is 0.157. The Labute approximate surface area is 213 Å². The van der Waals surface area contributed by atoms with Gasteiger partial charge in [-0.15, -0.1) is 5.10 Å². The molecule has 2 aromatic heterocycles. The number of benzene rings is 1. The minimum atomic E-state index is -4.85. The van der Waals surface area contributed by atoms with Crippen molar-refractivity contribution in [3.8, 4) is 0 Å². The fourth-order valence-corrected chi connectivity index (χ4v) is 6.53. The lowest BCUT2D eigenvalue weighted by molar-refractivity contribution is -0.0558. The fraction of sp³-hybridized carbons (Fsp3) is 0.421. The first-order valence-corrected chi connectivity index (χ1v) is 14.6. The van der Waals surface area contributed by atoms with Crippen LogP contribution in [0.25, 0.3) is 11.0 Å². The maximum absolute atomic E-state index is 14.2. The van der Waals surface area contributed by atoms with Gasteiger partial charge in [-0.1, -0.05) is 18.2 Å². The zero-order valence-electron chi connectivity index (χ0n) is 19.0. The maximum atomic E-state index is 14.2. The number of aromatic nitrogens is 4. The molecule has 18 heteroatoms. The zero-order chi connectivity index (χ0) is 27.1. The van der Waals surface area contributed by atoms with Gasteiger partial charge in [0.15, 0.2) is 17.8 Å². The van der Waals surface area contributed by atoms with Crippen molar-refractivity contribution in [2.24, 2.45) is 0 Å². The molecule has 4 rings (SSSR count). The Bertz CT molecular complexity index is 1390. The minimum absolute atomic E-state index is 0.0923. The van der Waals surface area contributed by atoms with Crippen LogP contribution in [0.1, 0.15) is 24.8 Å². The number of ether oxygens (including phenoxy) is 1. The molecule has 202 valence electrons. The summed E-state index contributed by atoms with van der Waals surface area (Å²) in [7, 11) is -9.56. The summed E-state index contributed by atoms with van der Waals surface area (Å²) in [6, 6.07) is 5.64. The third-order valence-corrected chi connectivity index (χ3v) is 9.12. The Morgan fingerprint density at radius 1 is 1.22 bits per heavy atom. The van der Waals surface area contributed by atoms with E-state index in [1.807, 2.05) is 0 Å². The van der Waals surface area contributed by atoms with Crippen LogP contribution in [0, 0.1) is 5.82 Å². The molecule has 1 aromatic carbocycles. The Morgan fingerprint density at radius 3 is 2.59 bits per heavy atom. The largest absolute Gasteiger partial charge is 0.387 e. The Morgan fingerprint density at radius 2 is 1.92 bits per heavy atom. The van der Waals surface area contributed by atoms with E-state index in [1.54, 1.807) is 25.1 Å². The molecule has 0 amide bonds. The summed E-state index contributed by atoms with van der Waals surface area (Å²) in [5.41, 5.74) is 0.466. The number of nitrogens with one attached hydrogen (secondary N) is 1. The molecule has 3 aromatic rings. The van der Waals surface area contributed by atoms with E-state index in [-0.39, 0.29) is 16.7 Å². The predicted molar refractivity (Wildman–Crippen MR) is 127 cm³/mol. The van der Waals surface area contributed by atoms with Crippen molar-refractivity contribution in [2.45, 2.75) is 37.5 Å². The number of aliphatic hydroxyl groups is 2. The second kappa shape index (κ2) is 10.6. The van der Waals surface area contributed by atoms with Crippen LogP contribution in [0.2, 0.25) is 5.28 Å². The van der Waals surface area contributed by atoms with Gasteiger partial charge in [-0.05, 0) is 24.6 Å². The van der Waals surface area contributed by atoms with Gasteiger partial charge >= 0.3 is 15.2 Å².